The predicted octanol–water partition coefficient (Wildman–Crippen LogP) is 1.43. The van der Waals surface area contributed by atoms with Crippen molar-refractivity contribution in [1.82, 2.24) is 19.7 Å². The average Bonchev–Trinajstić information content (AvgIpc) is 3.03. The Morgan fingerprint density at radius 3 is 2.67 bits per heavy atom. The monoisotopic (exact) mass is 419 g/mol. The summed E-state index contributed by atoms with van der Waals surface area (Å²) in [5, 5.41) is 13.8. The molecule has 1 fully saturated rings. The molecule has 1 aliphatic heterocycles. The summed E-state index contributed by atoms with van der Waals surface area (Å²) in [6.45, 7) is 6.49. The maximum absolute atomic E-state index is 12.0. The summed E-state index contributed by atoms with van der Waals surface area (Å²) in [5.74, 6) is -0.610. The van der Waals surface area contributed by atoms with Gasteiger partial charge in [0.2, 0.25) is 5.91 Å². The first kappa shape index (κ1) is 22.0. The minimum atomic E-state index is -0.574. The average molecular weight is 419 g/mol. The molecule has 0 atom stereocenters. The van der Waals surface area contributed by atoms with E-state index in [-0.39, 0.29) is 17.2 Å². The van der Waals surface area contributed by atoms with Crippen molar-refractivity contribution in [3.8, 4) is 0 Å². The third kappa shape index (κ3) is 5.90. The van der Waals surface area contributed by atoms with Gasteiger partial charge < -0.3 is 19.5 Å². The summed E-state index contributed by atoms with van der Waals surface area (Å²) in [5.41, 5.74) is 0.546. The molecule has 1 aromatic carbocycles. The molecule has 0 saturated carbocycles. The van der Waals surface area contributed by atoms with Gasteiger partial charge in [0.1, 0.15) is 0 Å². The number of carbonyl (C=O) groups is 1. The number of amides is 1. The van der Waals surface area contributed by atoms with Crippen molar-refractivity contribution in [3.63, 3.8) is 0 Å². The lowest BCUT2D eigenvalue weighted by molar-refractivity contribution is -0.384. The molecular weight excluding hydrogens is 390 g/mol. The second kappa shape index (κ2) is 10.4. The molecule has 164 valence electrons. The second-order valence-corrected chi connectivity index (χ2v) is 7.73. The number of nitro groups is 1. The largest absolute Gasteiger partial charge is 0.419 e. The van der Waals surface area contributed by atoms with Gasteiger partial charge in [-0.05, 0) is 38.9 Å². The predicted molar refractivity (Wildman–Crippen MR) is 113 cm³/mol. The van der Waals surface area contributed by atoms with Crippen LogP contribution in [0.3, 0.4) is 0 Å². The van der Waals surface area contributed by atoms with Gasteiger partial charge in [0, 0.05) is 51.8 Å². The Morgan fingerprint density at radius 2 is 1.93 bits per heavy atom. The summed E-state index contributed by atoms with van der Waals surface area (Å²) < 4.78 is 6.50. The first-order chi connectivity index (χ1) is 14.4. The zero-order chi connectivity index (χ0) is 21.5. The smallest absolute Gasteiger partial charge is 0.407 e. The van der Waals surface area contributed by atoms with Crippen LogP contribution in [-0.4, -0.2) is 71.5 Å². The molecule has 10 heteroatoms. The first-order valence-corrected chi connectivity index (χ1v) is 10.4. The molecule has 3 rings (SSSR count). The molecule has 1 saturated heterocycles. The summed E-state index contributed by atoms with van der Waals surface area (Å²) in [7, 11) is 2.14. The Hall–Kier alpha value is -2.72. The number of hydrogen-bond donors (Lipinski definition) is 1. The van der Waals surface area contributed by atoms with Crippen molar-refractivity contribution in [3.05, 3.63) is 38.9 Å². The molecule has 1 N–H and O–H groups in total. The van der Waals surface area contributed by atoms with Crippen LogP contribution in [0, 0.1) is 10.1 Å². The van der Waals surface area contributed by atoms with E-state index in [4.69, 9.17) is 4.42 Å². The highest BCUT2D eigenvalue weighted by Gasteiger charge is 2.15. The maximum atomic E-state index is 12.0. The van der Waals surface area contributed by atoms with Crippen LogP contribution in [0.4, 0.5) is 5.69 Å². The van der Waals surface area contributed by atoms with Crippen LogP contribution in [0.1, 0.15) is 25.7 Å². The molecule has 0 radical (unpaired) electrons. The number of unbranched alkanes of at least 4 members (excludes halogenated alkanes) is 1. The second-order valence-electron chi connectivity index (χ2n) is 7.73. The van der Waals surface area contributed by atoms with Gasteiger partial charge in [0.05, 0.1) is 16.5 Å². The van der Waals surface area contributed by atoms with E-state index in [1.165, 1.54) is 22.8 Å². The highest BCUT2D eigenvalue weighted by Crippen LogP contribution is 2.20. The van der Waals surface area contributed by atoms with Crippen LogP contribution in [-0.2, 0) is 11.3 Å². The Bertz CT molecular complexity index is 929. The summed E-state index contributed by atoms with van der Waals surface area (Å²) in [4.78, 5) is 39.1. The Labute approximate surface area is 174 Å². The Morgan fingerprint density at radius 1 is 1.17 bits per heavy atom. The number of carbonyl (C=O) groups excluding carboxylic acids is 1. The zero-order valence-electron chi connectivity index (χ0n) is 17.3. The highest BCUT2D eigenvalue weighted by atomic mass is 16.6. The van der Waals surface area contributed by atoms with Gasteiger partial charge in [-0.2, -0.15) is 0 Å². The number of rotatable bonds is 10. The van der Waals surface area contributed by atoms with Gasteiger partial charge in [0.15, 0.2) is 5.58 Å². The van der Waals surface area contributed by atoms with Gasteiger partial charge in [-0.15, -0.1) is 0 Å². The molecule has 2 heterocycles. The van der Waals surface area contributed by atoms with Crippen LogP contribution in [0.15, 0.2) is 27.4 Å². The minimum absolute atomic E-state index is 0.0360. The molecule has 1 amide bonds. The number of nitro benzene ring substituents is 1. The number of aryl methyl sites for hydroxylation is 1. The van der Waals surface area contributed by atoms with Crippen LogP contribution in [0.2, 0.25) is 0 Å². The van der Waals surface area contributed by atoms with Crippen LogP contribution in [0.25, 0.3) is 11.1 Å². The zero-order valence-corrected chi connectivity index (χ0v) is 17.3. The number of fused-ring (bicyclic) bond motifs is 1. The summed E-state index contributed by atoms with van der Waals surface area (Å²) in [6, 6.07) is 4.07. The standard InChI is InChI=1S/C20H29N5O5/c1-22-11-13-23(14-12-22)9-3-2-8-21-19(26)5-4-10-24-17-7-6-16(25(28)29)15-18(17)30-20(24)27/h6-7,15H,2-5,8-14H2,1H3,(H,21,26). The van der Waals surface area contributed by atoms with E-state index >= 15 is 0 Å². The Kier molecular flexibility index (Phi) is 7.58. The quantitative estimate of drug-likeness (QED) is 0.352. The molecule has 30 heavy (non-hydrogen) atoms. The Balaban J connectivity index is 1.35. The van der Waals surface area contributed by atoms with E-state index in [1.807, 2.05) is 0 Å². The number of oxazole rings is 1. The molecule has 0 bridgehead atoms. The van der Waals surface area contributed by atoms with Crippen molar-refractivity contribution in [1.29, 1.82) is 0 Å². The number of non-ortho nitro benzene ring substituents is 1. The lowest BCUT2D eigenvalue weighted by Crippen LogP contribution is -2.44. The van der Waals surface area contributed by atoms with E-state index in [0.29, 0.717) is 31.4 Å². The van der Waals surface area contributed by atoms with Gasteiger partial charge in [-0.25, -0.2) is 4.79 Å². The molecule has 0 unspecified atom stereocenters. The molecule has 0 spiro atoms. The van der Waals surface area contributed by atoms with E-state index in [1.54, 1.807) is 0 Å². The SMILES string of the molecule is CN1CCN(CCCCNC(=O)CCCn2c(=O)oc3cc([N+](=O)[O-])ccc32)CC1. The molecule has 2 aromatic rings. The van der Waals surface area contributed by atoms with Gasteiger partial charge in [-0.3, -0.25) is 19.5 Å². The third-order valence-corrected chi connectivity index (χ3v) is 5.47. The fourth-order valence-electron chi connectivity index (χ4n) is 3.63. The minimum Gasteiger partial charge on any atom is -0.407 e. The summed E-state index contributed by atoms with van der Waals surface area (Å²) >= 11 is 0. The van der Waals surface area contributed by atoms with Crippen molar-refractivity contribution >= 4 is 22.7 Å². The van der Waals surface area contributed by atoms with Crippen molar-refractivity contribution in [2.75, 3.05) is 46.3 Å². The third-order valence-electron chi connectivity index (χ3n) is 5.47. The number of aromatic nitrogens is 1. The van der Waals surface area contributed by atoms with Crippen molar-refractivity contribution in [2.24, 2.45) is 0 Å². The van der Waals surface area contributed by atoms with E-state index in [2.05, 4.69) is 22.2 Å². The number of piperazine rings is 1. The molecule has 10 nitrogen and oxygen atoms in total. The number of nitrogens with one attached hydrogen (secondary N) is 1. The van der Waals surface area contributed by atoms with E-state index < -0.39 is 10.7 Å². The fraction of sp³-hybridized carbons (Fsp3) is 0.600. The fourth-order valence-corrected chi connectivity index (χ4v) is 3.63. The van der Waals surface area contributed by atoms with Crippen LogP contribution >= 0.6 is 0 Å². The first-order valence-electron chi connectivity index (χ1n) is 10.4. The van der Waals surface area contributed by atoms with Crippen molar-refractivity contribution < 1.29 is 14.1 Å². The number of hydrogen-bond acceptors (Lipinski definition) is 7. The van der Waals surface area contributed by atoms with Gasteiger partial charge >= 0.3 is 5.76 Å². The van der Waals surface area contributed by atoms with E-state index in [0.717, 1.165) is 45.6 Å². The van der Waals surface area contributed by atoms with Crippen molar-refractivity contribution in [2.45, 2.75) is 32.2 Å². The van der Waals surface area contributed by atoms with Crippen LogP contribution in [0.5, 0.6) is 0 Å². The number of benzene rings is 1. The molecule has 1 aromatic heterocycles. The van der Waals surface area contributed by atoms with E-state index in [9.17, 15) is 19.7 Å². The lowest BCUT2D eigenvalue weighted by atomic mass is 10.2. The normalized spacial score (nSPS) is 15.5. The topological polar surface area (TPSA) is 114 Å². The van der Waals surface area contributed by atoms with Crippen LogP contribution < -0.4 is 11.1 Å². The molecule has 1 aliphatic rings. The van der Waals surface area contributed by atoms with Gasteiger partial charge in [0.25, 0.3) is 5.69 Å². The lowest BCUT2D eigenvalue weighted by Gasteiger charge is -2.32. The number of nitrogens with zero attached hydrogens (tertiary/aromatic N) is 4. The van der Waals surface area contributed by atoms with Gasteiger partial charge in [-0.1, -0.05) is 0 Å². The molecular formula is C20H29N5O5. The molecule has 0 aliphatic carbocycles. The summed E-state index contributed by atoms with van der Waals surface area (Å²) in [6.07, 6.45) is 2.80. The highest BCUT2D eigenvalue weighted by molar-refractivity contribution is 5.76. The maximum Gasteiger partial charge on any atom is 0.419 e. The number of likely N-dealkylation sites (N-methyl/N-ethyl adjacent to an activating group) is 1.